The van der Waals surface area contributed by atoms with Crippen LogP contribution in [0.3, 0.4) is 0 Å². The molecule has 1 heterocycles. The lowest BCUT2D eigenvalue weighted by atomic mass is 9.77. The molecular formula is C22H16F3NO3. The molecule has 0 aromatic heterocycles. The topological polar surface area (TPSA) is 59.4 Å². The van der Waals surface area contributed by atoms with E-state index in [-0.39, 0.29) is 12.2 Å². The Morgan fingerprint density at radius 1 is 1.07 bits per heavy atom. The number of esters is 1. The lowest BCUT2D eigenvalue weighted by molar-refractivity contribution is -0.146. The molecule has 0 amide bonds. The minimum absolute atomic E-state index is 0.0176. The second kappa shape index (κ2) is 7.24. The Morgan fingerprint density at radius 3 is 2.31 bits per heavy atom. The van der Waals surface area contributed by atoms with Gasteiger partial charge in [-0.2, -0.15) is 0 Å². The van der Waals surface area contributed by atoms with Crippen LogP contribution in [0.1, 0.15) is 24.0 Å². The normalized spacial score (nSPS) is 18.3. The highest BCUT2D eigenvalue weighted by Gasteiger charge is 2.43. The Hall–Kier alpha value is -3.35. The van der Waals surface area contributed by atoms with Crippen molar-refractivity contribution < 1.29 is 27.4 Å². The quantitative estimate of drug-likeness (QED) is 0.501. The molecule has 1 aliphatic heterocycles. The number of nitrogens with one attached hydrogen (secondary N) is 1. The van der Waals surface area contributed by atoms with E-state index in [2.05, 4.69) is 0 Å². The number of benzene rings is 3. The summed E-state index contributed by atoms with van der Waals surface area (Å²) in [6.45, 7) is 1.67. The van der Waals surface area contributed by atoms with Gasteiger partial charge in [0.2, 0.25) is 5.90 Å². The smallest absolute Gasteiger partial charge is 0.319 e. The Morgan fingerprint density at radius 2 is 1.69 bits per heavy atom. The molecule has 0 saturated carbocycles. The van der Waals surface area contributed by atoms with Gasteiger partial charge < -0.3 is 9.47 Å². The summed E-state index contributed by atoms with van der Waals surface area (Å²) in [6, 6.07) is 12.5. The summed E-state index contributed by atoms with van der Waals surface area (Å²) >= 11 is 0. The molecule has 0 fully saturated rings. The Kier molecular flexibility index (Phi) is 4.74. The van der Waals surface area contributed by atoms with Crippen LogP contribution in [0.5, 0.6) is 5.75 Å². The minimum atomic E-state index is -1.60. The van der Waals surface area contributed by atoms with Crippen molar-refractivity contribution in [2.45, 2.75) is 12.8 Å². The van der Waals surface area contributed by atoms with Gasteiger partial charge in [-0.05, 0) is 47.5 Å². The molecule has 29 heavy (non-hydrogen) atoms. The van der Waals surface area contributed by atoms with Crippen molar-refractivity contribution in [3.63, 3.8) is 0 Å². The number of hydrogen-bond acceptors (Lipinski definition) is 4. The monoisotopic (exact) mass is 399 g/mol. The molecule has 3 aromatic rings. The second-order valence-electron chi connectivity index (χ2n) is 6.71. The first-order valence-corrected chi connectivity index (χ1v) is 9.00. The first kappa shape index (κ1) is 19.0. The largest absolute Gasteiger partial charge is 0.465 e. The van der Waals surface area contributed by atoms with Gasteiger partial charge >= 0.3 is 5.97 Å². The molecule has 4 rings (SSSR count). The zero-order valence-corrected chi connectivity index (χ0v) is 15.3. The molecule has 148 valence electrons. The molecule has 1 N–H and O–H groups in total. The standard InChI is InChI=1S/C22H16F3NO3/c1-2-28-22(27)19-18(13-8-15(23)20(25)16(24)9-13)14-7-11-5-3-4-6-12(11)10-17(14)29-21(19)26/h3-10,18-19,26H,2H2,1H3. The van der Waals surface area contributed by atoms with Crippen LogP contribution < -0.4 is 4.74 Å². The highest BCUT2D eigenvalue weighted by atomic mass is 19.2. The van der Waals surface area contributed by atoms with Crippen LogP contribution in [0.25, 0.3) is 10.8 Å². The van der Waals surface area contributed by atoms with Crippen molar-refractivity contribution in [1.82, 2.24) is 0 Å². The second-order valence-corrected chi connectivity index (χ2v) is 6.71. The van der Waals surface area contributed by atoms with E-state index in [1.807, 2.05) is 24.3 Å². The summed E-state index contributed by atoms with van der Waals surface area (Å²) in [7, 11) is 0. The molecule has 1 aliphatic rings. The zero-order valence-electron chi connectivity index (χ0n) is 15.3. The van der Waals surface area contributed by atoms with E-state index in [1.165, 1.54) is 0 Å². The summed E-state index contributed by atoms with van der Waals surface area (Å²) < 4.78 is 52.1. The van der Waals surface area contributed by atoms with Crippen molar-refractivity contribution in [3.8, 4) is 5.75 Å². The number of hydrogen-bond donors (Lipinski definition) is 1. The maximum Gasteiger partial charge on any atom is 0.319 e. The molecule has 0 bridgehead atoms. The third-order valence-electron chi connectivity index (χ3n) is 4.95. The number of fused-ring (bicyclic) bond motifs is 2. The van der Waals surface area contributed by atoms with Crippen LogP contribution in [0, 0.1) is 28.8 Å². The first-order valence-electron chi connectivity index (χ1n) is 9.00. The lowest BCUT2D eigenvalue weighted by Crippen LogP contribution is -2.38. The molecule has 0 spiro atoms. The molecule has 2 atom stereocenters. The van der Waals surface area contributed by atoms with Crippen molar-refractivity contribution >= 4 is 22.6 Å². The van der Waals surface area contributed by atoms with Crippen LogP contribution in [-0.2, 0) is 9.53 Å². The predicted octanol–water partition coefficient (Wildman–Crippen LogP) is 4.94. The van der Waals surface area contributed by atoms with Crippen LogP contribution >= 0.6 is 0 Å². The fourth-order valence-corrected chi connectivity index (χ4v) is 3.68. The third kappa shape index (κ3) is 3.22. The van der Waals surface area contributed by atoms with E-state index in [0.717, 1.165) is 22.9 Å². The van der Waals surface area contributed by atoms with Crippen molar-refractivity contribution in [3.05, 3.63) is 77.1 Å². The Balaban J connectivity index is 1.97. The number of carbonyl (C=O) groups is 1. The van der Waals surface area contributed by atoms with Crippen molar-refractivity contribution in [1.29, 1.82) is 5.41 Å². The maximum absolute atomic E-state index is 14.0. The van der Waals surface area contributed by atoms with E-state index in [4.69, 9.17) is 14.9 Å². The van der Waals surface area contributed by atoms with E-state index < -0.39 is 41.2 Å². The maximum atomic E-state index is 14.0. The van der Waals surface area contributed by atoms with E-state index in [0.29, 0.717) is 11.3 Å². The predicted molar refractivity (Wildman–Crippen MR) is 101 cm³/mol. The van der Waals surface area contributed by atoms with E-state index in [1.54, 1.807) is 19.1 Å². The summed E-state index contributed by atoms with van der Waals surface area (Å²) in [5.41, 5.74) is 0.479. The van der Waals surface area contributed by atoms with Crippen LogP contribution in [0.4, 0.5) is 13.2 Å². The number of halogens is 3. The highest BCUT2D eigenvalue weighted by Crippen LogP contribution is 2.45. The molecule has 2 unspecified atom stereocenters. The van der Waals surface area contributed by atoms with Crippen LogP contribution in [0.15, 0.2) is 48.5 Å². The Bertz CT molecular complexity index is 1120. The van der Waals surface area contributed by atoms with E-state index >= 15 is 0 Å². The molecule has 0 aliphatic carbocycles. The van der Waals surface area contributed by atoms with E-state index in [9.17, 15) is 18.0 Å². The van der Waals surface area contributed by atoms with Crippen LogP contribution in [0.2, 0.25) is 0 Å². The molecule has 0 radical (unpaired) electrons. The minimum Gasteiger partial charge on any atom is -0.465 e. The van der Waals surface area contributed by atoms with Gasteiger partial charge in [-0.25, -0.2) is 13.2 Å². The summed E-state index contributed by atoms with van der Waals surface area (Å²) in [6.07, 6.45) is 0. The first-order chi connectivity index (χ1) is 13.9. The fourth-order valence-electron chi connectivity index (χ4n) is 3.68. The SMILES string of the molecule is CCOC(=O)C1C(=N)Oc2cc3ccccc3cc2C1c1cc(F)c(F)c(F)c1. The van der Waals surface area contributed by atoms with Crippen LogP contribution in [-0.4, -0.2) is 18.5 Å². The highest BCUT2D eigenvalue weighted by molar-refractivity contribution is 6.01. The summed E-state index contributed by atoms with van der Waals surface area (Å²) in [5, 5.41) is 9.89. The number of ether oxygens (including phenoxy) is 2. The molecule has 7 heteroatoms. The van der Waals surface area contributed by atoms with Gasteiger partial charge in [-0.1, -0.05) is 24.3 Å². The molecule has 4 nitrogen and oxygen atoms in total. The molecule has 3 aromatic carbocycles. The third-order valence-corrected chi connectivity index (χ3v) is 4.95. The van der Waals surface area contributed by atoms with Gasteiger partial charge in [-0.15, -0.1) is 0 Å². The average molecular weight is 399 g/mol. The lowest BCUT2D eigenvalue weighted by Gasteiger charge is -2.33. The fraction of sp³-hybridized carbons (Fsp3) is 0.182. The average Bonchev–Trinajstić information content (AvgIpc) is 2.69. The van der Waals surface area contributed by atoms with Crippen molar-refractivity contribution in [2.75, 3.05) is 6.61 Å². The molecular weight excluding hydrogens is 383 g/mol. The van der Waals surface area contributed by atoms with Crippen molar-refractivity contribution in [2.24, 2.45) is 5.92 Å². The van der Waals surface area contributed by atoms with Gasteiger partial charge in [-0.3, -0.25) is 10.2 Å². The van der Waals surface area contributed by atoms with Gasteiger partial charge in [0.25, 0.3) is 0 Å². The Labute approximate surface area is 164 Å². The summed E-state index contributed by atoms with van der Waals surface area (Å²) in [4.78, 5) is 12.6. The van der Waals surface area contributed by atoms with Gasteiger partial charge in [0.1, 0.15) is 11.7 Å². The van der Waals surface area contributed by atoms with Gasteiger partial charge in [0.05, 0.1) is 6.61 Å². The molecule has 0 saturated heterocycles. The van der Waals surface area contributed by atoms with Gasteiger partial charge in [0, 0.05) is 11.5 Å². The number of carbonyl (C=O) groups excluding carboxylic acids is 1. The summed E-state index contributed by atoms with van der Waals surface area (Å²) in [5.74, 6) is -7.43. The zero-order chi connectivity index (χ0) is 20.7. The number of rotatable bonds is 3. The van der Waals surface area contributed by atoms with Gasteiger partial charge in [0.15, 0.2) is 17.5 Å².